The molecule has 2 aromatic carbocycles. The highest BCUT2D eigenvalue weighted by molar-refractivity contribution is 7.72. The molecule has 174 valence electrons. The molecule has 32 heavy (non-hydrogen) atoms. The highest BCUT2D eigenvalue weighted by Gasteiger charge is 2.57. The first-order chi connectivity index (χ1) is 15.0. The van der Waals surface area contributed by atoms with Gasteiger partial charge in [-0.1, -0.05) is 25.1 Å². The summed E-state index contributed by atoms with van der Waals surface area (Å²) >= 11 is 0. The van der Waals surface area contributed by atoms with Crippen LogP contribution in [0.1, 0.15) is 49.4 Å². The van der Waals surface area contributed by atoms with E-state index < -0.39 is 39.7 Å². The van der Waals surface area contributed by atoms with Crippen molar-refractivity contribution in [3.63, 3.8) is 0 Å². The monoisotopic (exact) mass is 472 g/mol. The maximum Gasteiger partial charge on any atom is 0.416 e. The van der Waals surface area contributed by atoms with Gasteiger partial charge in [0.2, 0.25) is 5.91 Å². The molecule has 2 N–H and O–H groups in total. The molecule has 0 saturated heterocycles. The van der Waals surface area contributed by atoms with Gasteiger partial charge in [-0.15, -0.1) is 0 Å². The van der Waals surface area contributed by atoms with E-state index in [0.717, 1.165) is 12.1 Å². The van der Waals surface area contributed by atoms with Gasteiger partial charge < -0.3 is 10.6 Å². The maximum absolute atomic E-state index is 14.2. The Bertz CT molecular complexity index is 1060. The van der Waals surface area contributed by atoms with Gasteiger partial charge in [-0.3, -0.25) is 4.79 Å². The molecular formula is C22H24F4N2O3S. The largest absolute Gasteiger partial charge is 0.416 e. The normalized spacial score (nSPS) is 21.3. The van der Waals surface area contributed by atoms with E-state index in [2.05, 4.69) is 10.6 Å². The Kier molecular flexibility index (Phi) is 6.83. The van der Waals surface area contributed by atoms with Crippen LogP contribution in [0.2, 0.25) is 0 Å². The lowest BCUT2D eigenvalue weighted by atomic mass is 9.89. The van der Waals surface area contributed by atoms with E-state index in [-0.39, 0.29) is 23.4 Å². The molecule has 1 aliphatic carbocycles. The summed E-state index contributed by atoms with van der Waals surface area (Å²) < 4.78 is 74.0. The fourth-order valence-electron chi connectivity index (χ4n) is 4.05. The number of benzene rings is 2. The molecule has 0 radical (unpaired) electrons. The van der Waals surface area contributed by atoms with E-state index >= 15 is 0 Å². The summed E-state index contributed by atoms with van der Waals surface area (Å²) in [4.78, 5) is 12.8. The van der Waals surface area contributed by atoms with Crippen molar-refractivity contribution in [1.82, 2.24) is 5.32 Å². The van der Waals surface area contributed by atoms with Crippen LogP contribution in [0, 0.1) is 11.7 Å². The van der Waals surface area contributed by atoms with Crippen molar-refractivity contribution < 1.29 is 30.8 Å². The van der Waals surface area contributed by atoms with Crippen LogP contribution in [-0.2, 0) is 27.1 Å². The first-order valence-corrected chi connectivity index (χ1v) is 11.5. The number of alkyl halides is 3. The quantitative estimate of drug-likeness (QED) is 0.394. The summed E-state index contributed by atoms with van der Waals surface area (Å²) in [6, 6.07) is 8.63. The highest BCUT2D eigenvalue weighted by Crippen LogP contribution is 2.57. The molecule has 2 unspecified atom stereocenters. The van der Waals surface area contributed by atoms with Crippen molar-refractivity contribution in [2.45, 2.75) is 44.3 Å². The van der Waals surface area contributed by atoms with E-state index in [1.165, 1.54) is 24.3 Å². The van der Waals surface area contributed by atoms with Gasteiger partial charge in [-0.2, -0.15) is 13.2 Å². The Labute approximate surface area is 185 Å². The summed E-state index contributed by atoms with van der Waals surface area (Å²) in [6.45, 7) is 3.59. The maximum atomic E-state index is 14.2. The number of rotatable bonds is 8. The molecule has 10 heteroatoms. The van der Waals surface area contributed by atoms with Gasteiger partial charge in [-0.25, -0.2) is 12.8 Å². The second-order valence-electron chi connectivity index (χ2n) is 7.98. The summed E-state index contributed by atoms with van der Waals surface area (Å²) in [6.07, 6.45) is -3.29. The van der Waals surface area contributed by atoms with Gasteiger partial charge in [0, 0.05) is 11.3 Å². The Morgan fingerprint density at radius 2 is 1.84 bits per heavy atom. The zero-order valence-electron chi connectivity index (χ0n) is 17.5. The van der Waals surface area contributed by atoms with E-state index in [0.29, 0.717) is 24.0 Å². The van der Waals surface area contributed by atoms with Gasteiger partial charge in [0.05, 0.1) is 17.3 Å². The zero-order chi connectivity index (χ0) is 23.7. The van der Waals surface area contributed by atoms with Crippen LogP contribution in [-0.4, -0.2) is 20.2 Å². The molecule has 1 fully saturated rings. The topological polar surface area (TPSA) is 75.3 Å². The van der Waals surface area contributed by atoms with Crippen LogP contribution < -0.4 is 10.6 Å². The predicted octanol–water partition coefficient (Wildman–Crippen LogP) is 4.37. The number of carbonyl (C=O) groups is 1. The number of thiol groups is 1. The highest BCUT2D eigenvalue weighted by atomic mass is 32.2. The van der Waals surface area contributed by atoms with Crippen LogP contribution >= 0.6 is 0 Å². The standard InChI is InChI=1S/C22H24F4N2O3S/c1-3-21(15-5-7-16(8-6-15)22(24,25)26)11-17(21)20(29)28-13(2)14-4-9-19(18(23)10-14)27-12-32(30)31/h4-10,13,17,27,32H,3,11-12H2,1-2H3,(H,28,29)/t13-,17?,21?/m1/s1. The summed E-state index contributed by atoms with van der Waals surface area (Å²) in [7, 11) is -2.70. The Hall–Kier alpha value is -2.62. The average molecular weight is 473 g/mol. The molecule has 1 saturated carbocycles. The minimum Gasteiger partial charge on any atom is -0.369 e. The fraction of sp³-hybridized carbons (Fsp3) is 0.409. The molecular weight excluding hydrogens is 448 g/mol. The first kappa shape index (κ1) is 24.0. The molecule has 3 rings (SSSR count). The second-order valence-corrected chi connectivity index (χ2v) is 8.96. The van der Waals surface area contributed by atoms with E-state index in [1.54, 1.807) is 13.0 Å². The van der Waals surface area contributed by atoms with Crippen LogP contribution in [0.25, 0.3) is 0 Å². The van der Waals surface area contributed by atoms with Crippen LogP contribution in [0.5, 0.6) is 0 Å². The van der Waals surface area contributed by atoms with Crippen LogP contribution in [0.4, 0.5) is 23.2 Å². The summed E-state index contributed by atoms with van der Waals surface area (Å²) in [5, 5.41) is 5.32. The number of anilines is 1. The molecule has 0 bridgehead atoms. The van der Waals surface area contributed by atoms with Crippen molar-refractivity contribution in [3.05, 3.63) is 65.0 Å². The third-order valence-corrected chi connectivity index (χ3v) is 6.48. The van der Waals surface area contributed by atoms with Crippen molar-refractivity contribution in [1.29, 1.82) is 0 Å². The second kappa shape index (κ2) is 9.09. The number of hydrogen-bond acceptors (Lipinski definition) is 4. The van der Waals surface area contributed by atoms with Crippen LogP contribution in [0.3, 0.4) is 0 Å². The van der Waals surface area contributed by atoms with Gasteiger partial charge >= 0.3 is 6.18 Å². The SMILES string of the molecule is CCC1(c2ccc(C(F)(F)F)cc2)CC1C(=O)N[C@H](C)c1ccc(NC[SH](=O)=O)c(F)c1. The first-order valence-electron chi connectivity index (χ1n) is 10.1. The van der Waals surface area contributed by atoms with Gasteiger partial charge in [0.25, 0.3) is 0 Å². The van der Waals surface area contributed by atoms with Gasteiger partial charge in [0.15, 0.2) is 10.7 Å². The number of amides is 1. The Balaban J connectivity index is 1.67. The lowest BCUT2D eigenvalue weighted by Crippen LogP contribution is -2.31. The minimum absolute atomic E-state index is 0.0426. The molecule has 5 nitrogen and oxygen atoms in total. The minimum atomic E-state index is -4.42. The number of halogens is 4. The van der Waals surface area contributed by atoms with E-state index in [9.17, 15) is 30.8 Å². The molecule has 2 aromatic rings. The van der Waals surface area contributed by atoms with Crippen molar-refractivity contribution >= 4 is 22.3 Å². The molecule has 0 spiro atoms. The Morgan fingerprint density at radius 1 is 1.19 bits per heavy atom. The van der Waals surface area contributed by atoms with Gasteiger partial charge in [0.1, 0.15) is 11.7 Å². The Morgan fingerprint density at radius 3 is 2.38 bits per heavy atom. The summed E-state index contributed by atoms with van der Waals surface area (Å²) in [5.74, 6) is -1.65. The fourth-order valence-corrected chi connectivity index (χ4v) is 4.34. The number of carbonyl (C=O) groups excluding carboxylic acids is 1. The number of nitrogens with one attached hydrogen (secondary N) is 2. The molecule has 3 atom stereocenters. The molecule has 1 amide bonds. The molecule has 0 aromatic heterocycles. The lowest BCUT2D eigenvalue weighted by molar-refractivity contribution is -0.137. The lowest BCUT2D eigenvalue weighted by Gasteiger charge is -2.19. The van der Waals surface area contributed by atoms with E-state index in [4.69, 9.17) is 0 Å². The van der Waals surface area contributed by atoms with Crippen molar-refractivity contribution in [3.8, 4) is 0 Å². The van der Waals surface area contributed by atoms with Gasteiger partial charge in [-0.05, 0) is 55.2 Å². The third-order valence-electron chi connectivity index (χ3n) is 6.06. The van der Waals surface area contributed by atoms with Crippen molar-refractivity contribution in [2.24, 2.45) is 5.92 Å². The number of hydrogen-bond donors (Lipinski definition) is 3. The summed E-state index contributed by atoms with van der Waals surface area (Å²) in [5.41, 5.74) is -0.00267. The third kappa shape index (κ3) is 5.06. The smallest absolute Gasteiger partial charge is 0.369 e. The molecule has 0 aliphatic heterocycles. The molecule has 0 heterocycles. The van der Waals surface area contributed by atoms with Crippen LogP contribution in [0.15, 0.2) is 42.5 Å². The zero-order valence-corrected chi connectivity index (χ0v) is 18.4. The van der Waals surface area contributed by atoms with Crippen molar-refractivity contribution in [2.75, 3.05) is 11.2 Å². The average Bonchev–Trinajstić information content (AvgIpc) is 3.48. The van der Waals surface area contributed by atoms with E-state index in [1.807, 2.05) is 6.92 Å². The molecule has 1 aliphatic rings. The predicted molar refractivity (Wildman–Crippen MR) is 113 cm³/mol.